The Kier molecular flexibility index (Phi) is 5.62. The van der Waals surface area contributed by atoms with Crippen LogP contribution in [0, 0.1) is 5.82 Å². The van der Waals surface area contributed by atoms with Gasteiger partial charge in [-0.3, -0.25) is 4.79 Å². The standard InChI is InChI=1S/C13H19FN2OS/c1-13(2,18-3)9-15-8-12(17)16-11-6-4-10(14)5-7-11/h4-7,15H,8-9H2,1-3H3,(H,16,17). The van der Waals surface area contributed by atoms with Gasteiger partial charge in [0.25, 0.3) is 0 Å². The lowest BCUT2D eigenvalue weighted by molar-refractivity contribution is -0.115. The molecule has 1 aromatic rings. The summed E-state index contributed by atoms with van der Waals surface area (Å²) in [6.45, 7) is 5.23. The Morgan fingerprint density at radius 1 is 1.33 bits per heavy atom. The van der Waals surface area contributed by atoms with Crippen molar-refractivity contribution in [3.05, 3.63) is 30.1 Å². The fourth-order valence-corrected chi connectivity index (χ4v) is 1.53. The minimum atomic E-state index is -0.312. The summed E-state index contributed by atoms with van der Waals surface area (Å²) in [5.74, 6) is -0.439. The summed E-state index contributed by atoms with van der Waals surface area (Å²) in [6.07, 6.45) is 2.04. The molecule has 18 heavy (non-hydrogen) atoms. The average molecular weight is 270 g/mol. The van der Waals surface area contributed by atoms with Gasteiger partial charge in [0.05, 0.1) is 6.54 Å². The number of anilines is 1. The highest BCUT2D eigenvalue weighted by Gasteiger charge is 2.15. The van der Waals surface area contributed by atoms with Crippen LogP contribution in [0.15, 0.2) is 24.3 Å². The van der Waals surface area contributed by atoms with Crippen LogP contribution >= 0.6 is 11.8 Å². The lowest BCUT2D eigenvalue weighted by Gasteiger charge is -2.22. The van der Waals surface area contributed by atoms with E-state index in [0.717, 1.165) is 6.54 Å². The van der Waals surface area contributed by atoms with Gasteiger partial charge in [-0.1, -0.05) is 0 Å². The van der Waals surface area contributed by atoms with E-state index in [1.54, 1.807) is 23.9 Å². The van der Waals surface area contributed by atoms with Crippen LogP contribution in [0.3, 0.4) is 0 Å². The maximum atomic E-state index is 12.7. The van der Waals surface area contributed by atoms with Gasteiger partial charge in [-0.15, -0.1) is 0 Å². The van der Waals surface area contributed by atoms with Crippen molar-refractivity contribution in [2.45, 2.75) is 18.6 Å². The number of nitrogens with one attached hydrogen (secondary N) is 2. The number of amides is 1. The second-order valence-electron chi connectivity index (χ2n) is 4.62. The molecule has 0 bridgehead atoms. The fraction of sp³-hybridized carbons (Fsp3) is 0.462. The molecule has 3 nitrogen and oxygen atoms in total. The minimum Gasteiger partial charge on any atom is -0.325 e. The summed E-state index contributed by atoms with van der Waals surface area (Å²) in [7, 11) is 0. The number of halogens is 1. The third-order valence-electron chi connectivity index (χ3n) is 2.52. The van der Waals surface area contributed by atoms with Gasteiger partial charge in [-0.25, -0.2) is 4.39 Å². The molecule has 1 amide bonds. The van der Waals surface area contributed by atoms with Gasteiger partial charge >= 0.3 is 0 Å². The van der Waals surface area contributed by atoms with Crippen molar-refractivity contribution < 1.29 is 9.18 Å². The summed E-state index contributed by atoms with van der Waals surface area (Å²) in [5.41, 5.74) is 0.604. The van der Waals surface area contributed by atoms with E-state index in [2.05, 4.69) is 24.5 Å². The highest BCUT2D eigenvalue weighted by Crippen LogP contribution is 2.19. The van der Waals surface area contributed by atoms with Crippen LogP contribution in [0.25, 0.3) is 0 Å². The smallest absolute Gasteiger partial charge is 0.238 e. The monoisotopic (exact) mass is 270 g/mol. The molecule has 5 heteroatoms. The molecule has 1 aromatic carbocycles. The highest BCUT2D eigenvalue weighted by atomic mass is 32.2. The number of hydrogen-bond donors (Lipinski definition) is 2. The third kappa shape index (κ3) is 5.51. The van der Waals surface area contributed by atoms with Crippen LogP contribution in [-0.2, 0) is 4.79 Å². The van der Waals surface area contributed by atoms with Crippen molar-refractivity contribution in [1.82, 2.24) is 5.32 Å². The molecule has 2 N–H and O–H groups in total. The summed E-state index contributed by atoms with van der Waals surface area (Å²) >= 11 is 1.75. The molecule has 0 aromatic heterocycles. The maximum Gasteiger partial charge on any atom is 0.238 e. The van der Waals surface area contributed by atoms with Gasteiger partial charge in [0.1, 0.15) is 5.82 Å². The number of carbonyl (C=O) groups excluding carboxylic acids is 1. The zero-order valence-corrected chi connectivity index (χ0v) is 11.7. The SMILES string of the molecule is CSC(C)(C)CNCC(=O)Nc1ccc(F)cc1. The largest absolute Gasteiger partial charge is 0.325 e. The molecule has 0 unspecified atom stereocenters. The van der Waals surface area contributed by atoms with Crippen molar-refractivity contribution >= 4 is 23.4 Å². The van der Waals surface area contributed by atoms with Crippen molar-refractivity contribution in [2.24, 2.45) is 0 Å². The summed E-state index contributed by atoms with van der Waals surface area (Å²) < 4.78 is 12.8. The molecule has 0 saturated heterocycles. The van der Waals surface area contributed by atoms with Gasteiger partial charge in [0.15, 0.2) is 0 Å². The predicted octanol–water partition coefficient (Wildman–Crippen LogP) is 2.50. The first-order valence-corrected chi connectivity index (χ1v) is 6.97. The summed E-state index contributed by atoms with van der Waals surface area (Å²) in [6, 6.07) is 5.72. The molecule has 0 aliphatic carbocycles. The lowest BCUT2D eigenvalue weighted by atomic mass is 10.2. The lowest BCUT2D eigenvalue weighted by Crippen LogP contribution is -2.37. The number of benzene rings is 1. The van der Waals surface area contributed by atoms with E-state index < -0.39 is 0 Å². The fourth-order valence-electron chi connectivity index (χ4n) is 1.29. The Morgan fingerprint density at radius 3 is 2.50 bits per heavy atom. The van der Waals surface area contributed by atoms with Gasteiger partial charge < -0.3 is 10.6 Å². The second-order valence-corrected chi connectivity index (χ2v) is 6.14. The first-order valence-electron chi connectivity index (χ1n) is 5.74. The summed E-state index contributed by atoms with van der Waals surface area (Å²) in [4.78, 5) is 11.6. The Balaban J connectivity index is 2.32. The van der Waals surface area contributed by atoms with Crippen molar-refractivity contribution in [3.63, 3.8) is 0 Å². The molecule has 0 aliphatic heterocycles. The van der Waals surface area contributed by atoms with E-state index in [1.165, 1.54) is 12.1 Å². The Hall–Kier alpha value is -1.07. The topological polar surface area (TPSA) is 41.1 Å². The van der Waals surface area contributed by atoms with Crippen LogP contribution in [0.1, 0.15) is 13.8 Å². The van der Waals surface area contributed by atoms with Crippen LogP contribution in [-0.4, -0.2) is 30.0 Å². The number of rotatable bonds is 6. The van der Waals surface area contributed by atoms with Crippen LogP contribution < -0.4 is 10.6 Å². The zero-order chi connectivity index (χ0) is 13.6. The highest BCUT2D eigenvalue weighted by molar-refractivity contribution is 7.99. The van der Waals surface area contributed by atoms with Crippen LogP contribution in [0.4, 0.5) is 10.1 Å². The normalized spacial score (nSPS) is 11.3. The number of thioether (sulfide) groups is 1. The Bertz CT molecular complexity index is 392. The van der Waals surface area contributed by atoms with Crippen LogP contribution in [0.5, 0.6) is 0 Å². The van der Waals surface area contributed by atoms with Gasteiger partial charge in [-0.2, -0.15) is 11.8 Å². The second kappa shape index (κ2) is 6.75. The quantitative estimate of drug-likeness (QED) is 0.834. The summed E-state index contributed by atoms with van der Waals surface area (Å²) in [5, 5.41) is 5.80. The number of hydrogen-bond acceptors (Lipinski definition) is 3. The average Bonchev–Trinajstić information content (AvgIpc) is 2.32. The molecule has 100 valence electrons. The van der Waals surface area contributed by atoms with E-state index in [0.29, 0.717) is 5.69 Å². The van der Waals surface area contributed by atoms with E-state index in [1.807, 2.05) is 6.26 Å². The maximum absolute atomic E-state index is 12.7. The van der Waals surface area contributed by atoms with Crippen LogP contribution in [0.2, 0.25) is 0 Å². The molecule has 0 heterocycles. The first kappa shape index (κ1) is 15.0. The first-order chi connectivity index (χ1) is 8.43. The molecule has 0 atom stereocenters. The van der Waals surface area contributed by atoms with Crippen molar-refractivity contribution in [2.75, 3.05) is 24.7 Å². The van der Waals surface area contributed by atoms with E-state index in [9.17, 15) is 9.18 Å². The molecule has 0 saturated carbocycles. The zero-order valence-electron chi connectivity index (χ0n) is 10.9. The van der Waals surface area contributed by atoms with Crippen molar-refractivity contribution in [1.29, 1.82) is 0 Å². The molecule has 0 spiro atoms. The van der Waals surface area contributed by atoms with Gasteiger partial charge in [0, 0.05) is 17.0 Å². The molecule has 0 aliphatic rings. The Labute approximate surface area is 112 Å². The number of carbonyl (C=O) groups is 1. The molecular weight excluding hydrogens is 251 g/mol. The van der Waals surface area contributed by atoms with Gasteiger partial charge in [-0.05, 0) is 44.4 Å². The Morgan fingerprint density at radius 2 is 1.94 bits per heavy atom. The van der Waals surface area contributed by atoms with E-state index in [-0.39, 0.29) is 23.0 Å². The third-order valence-corrected chi connectivity index (χ3v) is 3.77. The molecule has 0 radical (unpaired) electrons. The molecular formula is C13H19FN2OS. The predicted molar refractivity (Wildman–Crippen MR) is 75.5 cm³/mol. The van der Waals surface area contributed by atoms with Gasteiger partial charge in [0.2, 0.25) is 5.91 Å². The minimum absolute atomic E-state index is 0.107. The van der Waals surface area contributed by atoms with E-state index >= 15 is 0 Å². The molecule has 1 rings (SSSR count). The van der Waals surface area contributed by atoms with E-state index in [4.69, 9.17) is 0 Å². The molecule has 0 fully saturated rings. The van der Waals surface area contributed by atoms with Crippen molar-refractivity contribution in [3.8, 4) is 0 Å².